The van der Waals surface area contributed by atoms with Gasteiger partial charge in [0.2, 0.25) is 17.7 Å². The average molecular weight is 540 g/mol. The van der Waals surface area contributed by atoms with Crippen molar-refractivity contribution in [1.29, 1.82) is 0 Å². The Labute approximate surface area is 219 Å². The van der Waals surface area contributed by atoms with Gasteiger partial charge in [0.25, 0.3) is 0 Å². The summed E-state index contributed by atoms with van der Waals surface area (Å²) >= 11 is 0. The lowest BCUT2D eigenvalue weighted by atomic mass is 10.0. The largest absolute Gasteiger partial charge is 0.481 e. The van der Waals surface area contributed by atoms with E-state index in [2.05, 4.69) is 30.9 Å². The van der Waals surface area contributed by atoms with E-state index in [9.17, 15) is 29.1 Å². The first kappa shape index (κ1) is 31.8. The SMILES string of the molecule is CC(C)C(NC(=O)C(N)Cc1cnc[nH]1)C(=O)NC(CCCN=C(N)N)C(=O)NC(CCC(=O)O)C(=O)O. The number of imidazole rings is 1. The van der Waals surface area contributed by atoms with Crippen molar-refractivity contribution in [3.8, 4) is 0 Å². The predicted octanol–water partition coefficient (Wildman–Crippen LogP) is -2.61. The van der Waals surface area contributed by atoms with Crippen LogP contribution in [0.1, 0.15) is 45.2 Å². The fraction of sp³-hybridized carbons (Fsp3) is 0.591. The molecular weight excluding hydrogens is 502 g/mol. The number of hydrogen-bond acceptors (Lipinski definition) is 8. The third kappa shape index (κ3) is 11.7. The number of carbonyl (C=O) groups is 5. The molecule has 0 aliphatic rings. The zero-order valence-corrected chi connectivity index (χ0v) is 21.3. The molecule has 0 saturated carbocycles. The summed E-state index contributed by atoms with van der Waals surface area (Å²) in [5, 5.41) is 25.6. The quantitative estimate of drug-likeness (QED) is 0.0561. The molecule has 0 aliphatic carbocycles. The minimum Gasteiger partial charge on any atom is -0.481 e. The number of carboxylic acids is 2. The Kier molecular flexibility index (Phi) is 13.2. The second kappa shape index (κ2) is 15.8. The van der Waals surface area contributed by atoms with Crippen LogP contribution in [0.3, 0.4) is 0 Å². The van der Waals surface area contributed by atoms with Crippen LogP contribution in [-0.2, 0) is 30.4 Å². The second-order valence-electron chi connectivity index (χ2n) is 8.96. The van der Waals surface area contributed by atoms with Crippen LogP contribution < -0.4 is 33.2 Å². The monoisotopic (exact) mass is 539 g/mol. The fourth-order valence-electron chi connectivity index (χ4n) is 3.35. The Morgan fingerprint density at radius 3 is 2.18 bits per heavy atom. The molecule has 0 aromatic carbocycles. The van der Waals surface area contributed by atoms with Crippen molar-refractivity contribution in [2.45, 2.75) is 70.1 Å². The van der Waals surface area contributed by atoms with E-state index in [0.717, 1.165) is 0 Å². The summed E-state index contributed by atoms with van der Waals surface area (Å²) in [5.74, 6) is -5.35. The van der Waals surface area contributed by atoms with Crippen LogP contribution in [0.4, 0.5) is 0 Å². The number of aliphatic imine (C=N–C) groups is 1. The fourth-order valence-corrected chi connectivity index (χ4v) is 3.35. The van der Waals surface area contributed by atoms with Crippen molar-refractivity contribution in [3.63, 3.8) is 0 Å². The molecule has 38 heavy (non-hydrogen) atoms. The number of carboxylic acid groups (broad SMARTS) is 2. The van der Waals surface area contributed by atoms with Crippen LogP contribution in [-0.4, -0.2) is 86.5 Å². The third-order valence-corrected chi connectivity index (χ3v) is 5.42. The molecule has 4 unspecified atom stereocenters. The van der Waals surface area contributed by atoms with Gasteiger partial charge in [-0.25, -0.2) is 9.78 Å². The lowest BCUT2D eigenvalue weighted by molar-refractivity contribution is -0.143. The molecule has 1 aromatic heterocycles. The zero-order valence-electron chi connectivity index (χ0n) is 21.3. The van der Waals surface area contributed by atoms with Crippen molar-refractivity contribution in [1.82, 2.24) is 25.9 Å². The Balaban J connectivity index is 2.97. The molecule has 16 nitrogen and oxygen atoms in total. The Morgan fingerprint density at radius 2 is 1.66 bits per heavy atom. The number of rotatable bonds is 17. The van der Waals surface area contributed by atoms with Gasteiger partial charge in [0, 0.05) is 31.3 Å². The molecule has 4 atom stereocenters. The summed E-state index contributed by atoms with van der Waals surface area (Å²) in [6.07, 6.45) is 2.55. The summed E-state index contributed by atoms with van der Waals surface area (Å²) in [6.45, 7) is 3.51. The van der Waals surface area contributed by atoms with Crippen molar-refractivity contribution in [3.05, 3.63) is 18.2 Å². The summed E-state index contributed by atoms with van der Waals surface area (Å²) in [7, 11) is 0. The van der Waals surface area contributed by atoms with Gasteiger partial charge in [-0.2, -0.15) is 0 Å². The van der Waals surface area contributed by atoms with E-state index in [-0.39, 0.29) is 38.2 Å². The van der Waals surface area contributed by atoms with E-state index < -0.39 is 66.2 Å². The standard InChI is InChI=1S/C22H37N9O7/c1-11(2)17(31-18(34)13(23)8-12-9-26-10-28-12)20(36)29-14(4-3-7-27-22(24)25)19(35)30-15(21(37)38)5-6-16(32)33/h9-11,13-15,17H,3-8,23H2,1-2H3,(H,26,28)(H,29,36)(H,30,35)(H,31,34)(H,32,33)(H,37,38)(H4,24,25,27). The van der Waals surface area contributed by atoms with Crippen molar-refractivity contribution < 1.29 is 34.2 Å². The first-order valence-electron chi connectivity index (χ1n) is 12.0. The van der Waals surface area contributed by atoms with Crippen molar-refractivity contribution >= 4 is 35.6 Å². The van der Waals surface area contributed by atoms with Gasteiger partial charge in [0.1, 0.15) is 18.1 Å². The van der Waals surface area contributed by atoms with E-state index >= 15 is 0 Å². The zero-order chi connectivity index (χ0) is 28.8. The van der Waals surface area contributed by atoms with Gasteiger partial charge in [-0.1, -0.05) is 13.8 Å². The summed E-state index contributed by atoms with van der Waals surface area (Å²) in [4.78, 5) is 71.6. The summed E-state index contributed by atoms with van der Waals surface area (Å²) in [6, 6.07) is -4.75. The molecule has 1 heterocycles. The Hall–Kier alpha value is -4.21. The minimum atomic E-state index is -1.49. The number of aliphatic carboxylic acids is 2. The highest BCUT2D eigenvalue weighted by atomic mass is 16.4. The summed E-state index contributed by atoms with van der Waals surface area (Å²) in [5.41, 5.74) is 17.2. The van der Waals surface area contributed by atoms with Gasteiger partial charge >= 0.3 is 11.9 Å². The maximum absolute atomic E-state index is 13.1. The van der Waals surface area contributed by atoms with E-state index in [4.69, 9.17) is 22.3 Å². The van der Waals surface area contributed by atoms with E-state index in [0.29, 0.717) is 5.69 Å². The molecule has 0 radical (unpaired) electrons. The molecule has 0 saturated heterocycles. The van der Waals surface area contributed by atoms with Crippen LogP contribution in [0.5, 0.6) is 0 Å². The summed E-state index contributed by atoms with van der Waals surface area (Å²) < 4.78 is 0. The molecule has 0 aliphatic heterocycles. The first-order chi connectivity index (χ1) is 17.8. The van der Waals surface area contributed by atoms with E-state index in [1.54, 1.807) is 13.8 Å². The number of carbonyl (C=O) groups excluding carboxylic acids is 3. The molecule has 3 amide bonds. The van der Waals surface area contributed by atoms with Crippen molar-refractivity contribution in [2.24, 2.45) is 28.1 Å². The highest BCUT2D eigenvalue weighted by Crippen LogP contribution is 2.08. The minimum absolute atomic E-state index is 0.0255. The smallest absolute Gasteiger partial charge is 0.326 e. The lowest BCUT2D eigenvalue weighted by Gasteiger charge is -2.27. The Morgan fingerprint density at radius 1 is 1.00 bits per heavy atom. The van der Waals surface area contributed by atoms with Crippen molar-refractivity contribution in [2.75, 3.05) is 6.54 Å². The van der Waals surface area contributed by atoms with Gasteiger partial charge in [-0.3, -0.25) is 24.2 Å². The lowest BCUT2D eigenvalue weighted by Crippen LogP contribution is -2.58. The van der Waals surface area contributed by atoms with Crippen LogP contribution >= 0.6 is 0 Å². The number of guanidine groups is 1. The van der Waals surface area contributed by atoms with Crippen LogP contribution in [0.25, 0.3) is 0 Å². The molecule has 16 heteroatoms. The number of amides is 3. The average Bonchev–Trinajstić information content (AvgIpc) is 3.33. The number of aromatic amines is 1. The van der Waals surface area contributed by atoms with Gasteiger partial charge < -0.3 is 48.3 Å². The molecule has 212 valence electrons. The van der Waals surface area contributed by atoms with E-state index in [1.807, 2.05) is 0 Å². The first-order valence-corrected chi connectivity index (χ1v) is 12.0. The second-order valence-corrected chi connectivity index (χ2v) is 8.96. The number of nitrogens with two attached hydrogens (primary N) is 3. The number of aromatic nitrogens is 2. The molecule has 12 N–H and O–H groups in total. The number of H-pyrrole nitrogens is 1. The topological polar surface area (TPSA) is 281 Å². The maximum atomic E-state index is 13.1. The number of hydrogen-bond donors (Lipinski definition) is 9. The van der Waals surface area contributed by atoms with Gasteiger partial charge in [-0.05, 0) is 25.2 Å². The van der Waals surface area contributed by atoms with Gasteiger partial charge in [0.05, 0.1) is 12.4 Å². The molecule has 1 aromatic rings. The van der Waals surface area contributed by atoms with Gasteiger partial charge in [-0.15, -0.1) is 0 Å². The molecule has 1 rings (SSSR count). The maximum Gasteiger partial charge on any atom is 0.326 e. The normalized spacial score (nSPS) is 14.0. The van der Waals surface area contributed by atoms with Crippen LogP contribution in [0.15, 0.2) is 17.5 Å². The highest BCUT2D eigenvalue weighted by Gasteiger charge is 2.31. The number of nitrogens with zero attached hydrogens (tertiary/aromatic N) is 2. The molecule has 0 fully saturated rings. The number of nitrogens with one attached hydrogen (secondary N) is 4. The molecule has 0 bridgehead atoms. The van der Waals surface area contributed by atoms with Crippen LogP contribution in [0.2, 0.25) is 0 Å². The molecular formula is C22H37N9O7. The van der Waals surface area contributed by atoms with Gasteiger partial charge in [0.15, 0.2) is 5.96 Å². The predicted molar refractivity (Wildman–Crippen MR) is 135 cm³/mol. The van der Waals surface area contributed by atoms with Crippen LogP contribution in [0, 0.1) is 5.92 Å². The third-order valence-electron chi connectivity index (χ3n) is 5.42. The highest BCUT2D eigenvalue weighted by molar-refractivity contribution is 5.94. The van der Waals surface area contributed by atoms with E-state index in [1.165, 1.54) is 12.5 Å². The Bertz CT molecular complexity index is 978. The molecule has 0 spiro atoms.